The molecule has 0 bridgehead atoms. The first-order valence-electron chi connectivity index (χ1n) is 6.41. The van der Waals surface area contributed by atoms with Crippen molar-refractivity contribution < 1.29 is 8.42 Å². The van der Waals surface area contributed by atoms with Crippen LogP contribution in [0.4, 0.5) is 5.69 Å². The van der Waals surface area contributed by atoms with Crippen molar-refractivity contribution in [3.8, 4) is 0 Å². The molecule has 3 nitrogen and oxygen atoms in total. The van der Waals surface area contributed by atoms with Crippen LogP contribution in [0.5, 0.6) is 0 Å². The molecular weight excluding hydrogens is 329 g/mol. The van der Waals surface area contributed by atoms with Crippen LogP contribution < -0.4 is 4.72 Å². The summed E-state index contributed by atoms with van der Waals surface area (Å²) in [5, 5.41) is 0.550. The summed E-state index contributed by atoms with van der Waals surface area (Å²) in [6.45, 7) is 3.65. The highest BCUT2D eigenvalue weighted by Crippen LogP contribution is 2.29. The van der Waals surface area contributed by atoms with Crippen LogP contribution in [0, 0.1) is 6.92 Å². The minimum Gasteiger partial charge on any atom is -0.279 e. The second-order valence-electron chi connectivity index (χ2n) is 4.65. The molecule has 0 heterocycles. The average molecular weight is 344 g/mol. The van der Waals surface area contributed by atoms with Gasteiger partial charge in [0.25, 0.3) is 10.0 Å². The third-order valence-electron chi connectivity index (χ3n) is 3.15. The van der Waals surface area contributed by atoms with Crippen LogP contribution in [0.1, 0.15) is 18.1 Å². The van der Waals surface area contributed by atoms with Gasteiger partial charge < -0.3 is 0 Å². The van der Waals surface area contributed by atoms with E-state index >= 15 is 0 Å². The van der Waals surface area contributed by atoms with E-state index in [-0.39, 0.29) is 9.92 Å². The Balaban J connectivity index is 2.46. The largest absolute Gasteiger partial charge is 0.279 e. The van der Waals surface area contributed by atoms with Crippen LogP contribution in [0.3, 0.4) is 0 Å². The predicted octanol–water partition coefficient (Wildman–Crippen LogP) is 4.67. The molecule has 0 radical (unpaired) electrons. The third kappa shape index (κ3) is 3.51. The van der Waals surface area contributed by atoms with E-state index in [0.717, 1.165) is 12.0 Å². The molecule has 0 atom stereocenters. The Hall–Kier alpha value is -1.23. The molecule has 0 saturated heterocycles. The van der Waals surface area contributed by atoms with Gasteiger partial charge in [-0.05, 0) is 42.7 Å². The molecule has 0 amide bonds. The fourth-order valence-corrected chi connectivity index (χ4v) is 3.85. The first kappa shape index (κ1) is 16.1. The topological polar surface area (TPSA) is 46.2 Å². The fourth-order valence-electron chi connectivity index (χ4n) is 2.05. The molecule has 0 aliphatic rings. The van der Waals surface area contributed by atoms with Gasteiger partial charge in [0.05, 0.1) is 20.6 Å². The first-order chi connectivity index (χ1) is 9.85. The SMILES string of the molecule is CCc1ccccc1NS(=O)(=O)c1cc(Cl)c(Cl)cc1C. The van der Waals surface area contributed by atoms with Gasteiger partial charge in [-0.1, -0.05) is 48.3 Å². The van der Waals surface area contributed by atoms with Crippen molar-refractivity contribution in [2.75, 3.05) is 4.72 Å². The lowest BCUT2D eigenvalue weighted by Crippen LogP contribution is -2.15. The lowest BCUT2D eigenvalue weighted by Gasteiger charge is -2.14. The van der Waals surface area contributed by atoms with Crippen molar-refractivity contribution in [3.05, 3.63) is 57.6 Å². The molecule has 0 aliphatic carbocycles. The van der Waals surface area contributed by atoms with Gasteiger partial charge in [0.1, 0.15) is 0 Å². The molecule has 0 unspecified atom stereocenters. The summed E-state index contributed by atoms with van der Waals surface area (Å²) in [4.78, 5) is 0.128. The van der Waals surface area contributed by atoms with E-state index < -0.39 is 10.0 Å². The quantitative estimate of drug-likeness (QED) is 0.876. The van der Waals surface area contributed by atoms with Gasteiger partial charge >= 0.3 is 0 Å². The van der Waals surface area contributed by atoms with Crippen molar-refractivity contribution in [1.29, 1.82) is 0 Å². The van der Waals surface area contributed by atoms with Crippen molar-refractivity contribution in [2.45, 2.75) is 25.2 Å². The van der Waals surface area contributed by atoms with Crippen molar-refractivity contribution in [3.63, 3.8) is 0 Å². The van der Waals surface area contributed by atoms with Gasteiger partial charge in [0.2, 0.25) is 0 Å². The molecule has 21 heavy (non-hydrogen) atoms. The Morgan fingerprint density at radius 2 is 1.71 bits per heavy atom. The van der Waals surface area contributed by atoms with E-state index in [9.17, 15) is 8.42 Å². The lowest BCUT2D eigenvalue weighted by atomic mass is 10.1. The third-order valence-corrected chi connectivity index (χ3v) is 5.38. The summed E-state index contributed by atoms with van der Waals surface area (Å²) >= 11 is 11.8. The number of hydrogen-bond donors (Lipinski definition) is 1. The Kier molecular flexibility index (Phi) is 4.81. The standard InChI is InChI=1S/C15H15Cl2NO2S/c1-3-11-6-4-5-7-14(11)18-21(19,20)15-9-13(17)12(16)8-10(15)2/h4-9,18H,3H2,1-2H3. The molecular formula is C15H15Cl2NO2S. The van der Waals surface area contributed by atoms with Crippen molar-refractivity contribution in [1.82, 2.24) is 0 Å². The summed E-state index contributed by atoms with van der Waals surface area (Å²) in [6.07, 6.45) is 0.735. The Morgan fingerprint density at radius 3 is 2.38 bits per heavy atom. The van der Waals surface area contributed by atoms with Gasteiger partial charge in [0, 0.05) is 0 Å². The number of anilines is 1. The average Bonchev–Trinajstić information content (AvgIpc) is 2.43. The number of aryl methyl sites for hydroxylation is 2. The van der Waals surface area contributed by atoms with Crippen LogP contribution in [-0.4, -0.2) is 8.42 Å². The smallest absolute Gasteiger partial charge is 0.262 e. The molecule has 0 saturated carbocycles. The first-order valence-corrected chi connectivity index (χ1v) is 8.65. The van der Waals surface area contributed by atoms with Gasteiger partial charge in [0.15, 0.2) is 0 Å². The minimum absolute atomic E-state index is 0.128. The highest BCUT2D eigenvalue weighted by atomic mass is 35.5. The highest BCUT2D eigenvalue weighted by Gasteiger charge is 2.19. The second-order valence-corrected chi connectivity index (χ2v) is 7.11. The maximum absolute atomic E-state index is 12.5. The Bertz CT molecular complexity index is 773. The minimum atomic E-state index is -3.71. The lowest BCUT2D eigenvalue weighted by molar-refractivity contribution is 0.600. The normalized spacial score (nSPS) is 11.4. The van der Waals surface area contributed by atoms with E-state index in [0.29, 0.717) is 16.3 Å². The van der Waals surface area contributed by atoms with Crippen molar-refractivity contribution >= 4 is 38.9 Å². The number of rotatable bonds is 4. The van der Waals surface area contributed by atoms with E-state index in [1.165, 1.54) is 6.07 Å². The number of hydrogen-bond acceptors (Lipinski definition) is 2. The van der Waals surface area contributed by atoms with Crippen LogP contribution in [0.2, 0.25) is 10.0 Å². The zero-order chi connectivity index (χ0) is 15.6. The molecule has 0 spiro atoms. The van der Waals surface area contributed by atoms with Crippen molar-refractivity contribution in [2.24, 2.45) is 0 Å². The van der Waals surface area contributed by atoms with Crippen LogP contribution >= 0.6 is 23.2 Å². The van der Waals surface area contributed by atoms with E-state index in [1.807, 2.05) is 19.1 Å². The van der Waals surface area contributed by atoms with Gasteiger partial charge in [-0.3, -0.25) is 4.72 Å². The van der Waals surface area contributed by atoms with Gasteiger partial charge in [-0.25, -0.2) is 8.42 Å². The molecule has 112 valence electrons. The molecule has 1 N–H and O–H groups in total. The van der Waals surface area contributed by atoms with Gasteiger partial charge in [-0.2, -0.15) is 0 Å². The number of sulfonamides is 1. The number of benzene rings is 2. The number of para-hydroxylation sites is 1. The maximum Gasteiger partial charge on any atom is 0.262 e. The molecule has 2 aromatic carbocycles. The Labute approximate surface area is 135 Å². The van der Waals surface area contributed by atoms with E-state index in [1.54, 1.807) is 25.1 Å². The zero-order valence-corrected chi connectivity index (χ0v) is 14.0. The fraction of sp³-hybridized carbons (Fsp3) is 0.200. The summed E-state index contributed by atoms with van der Waals surface area (Å²) in [5.41, 5.74) is 2.05. The highest BCUT2D eigenvalue weighted by molar-refractivity contribution is 7.92. The second kappa shape index (κ2) is 6.26. The zero-order valence-electron chi connectivity index (χ0n) is 11.7. The molecule has 2 aromatic rings. The van der Waals surface area contributed by atoms with Crippen LogP contribution in [-0.2, 0) is 16.4 Å². The molecule has 0 aromatic heterocycles. The monoisotopic (exact) mass is 343 g/mol. The van der Waals surface area contributed by atoms with Gasteiger partial charge in [-0.15, -0.1) is 0 Å². The molecule has 0 fully saturated rings. The molecule has 0 aliphatic heterocycles. The summed E-state index contributed by atoms with van der Waals surface area (Å²) in [5.74, 6) is 0. The summed E-state index contributed by atoms with van der Waals surface area (Å²) in [6, 6.07) is 10.2. The summed E-state index contributed by atoms with van der Waals surface area (Å²) in [7, 11) is -3.71. The molecule has 2 rings (SSSR count). The summed E-state index contributed by atoms with van der Waals surface area (Å²) < 4.78 is 27.7. The van der Waals surface area contributed by atoms with Crippen LogP contribution in [0.15, 0.2) is 41.3 Å². The van der Waals surface area contributed by atoms with Crippen LogP contribution in [0.25, 0.3) is 0 Å². The Morgan fingerprint density at radius 1 is 1.10 bits per heavy atom. The number of halogens is 2. The predicted molar refractivity (Wildman–Crippen MR) is 87.8 cm³/mol. The van der Waals surface area contributed by atoms with E-state index in [4.69, 9.17) is 23.2 Å². The molecule has 6 heteroatoms. The van der Waals surface area contributed by atoms with E-state index in [2.05, 4.69) is 4.72 Å². The maximum atomic E-state index is 12.5. The number of nitrogens with one attached hydrogen (secondary N) is 1.